The van der Waals surface area contributed by atoms with Crippen LogP contribution in [0.15, 0.2) is 64.9 Å². The molecule has 32 heavy (non-hydrogen) atoms. The molecule has 0 bridgehead atoms. The summed E-state index contributed by atoms with van der Waals surface area (Å²) >= 11 is 1.58. The third-order valence-corrected chi connectivity index (χ3v) is 6.69. The van der Waals surface area contributed by atoms with Gasteiger partial charge in [0.15, 0.2) is 0 Å². The van der Waals surface area contributed by atoms with Crippen molar-refractivity contribution in [3.8, 4) is 0 Å². The van der Waals surface area contributed by atoms with Crippen molar-refractivity contribution in [1.29, 1.82) is 0 Å². The average molecular weight is 448 g/mol. The van der Waals surface area contributed by atoms with Gasteiger partial charge < -0.3 is 14.8 Å². The molecule has 1 N–H and O–H groups in total. The minimum Gasteiger partial charge on any atom is -0.338 e. The third-order valence-electron chi connectivity index (χ3n) is 5.55. The molecule has 1 aromatic heterocycles. The van der Waals surface area contributed by atoms with Crippen molar-refractivity contribution < 1.29 is 9.59 Å². The number of aliphatic imine (C=N–C) groups is 1. The highest BCUT2D eigenvalue weighted by molar-refractivity contribution is 7.99. The second-order valence-corrected chi connectivity index (χ2v) is 8.68. The molecule has 2 aliphatic heterocycles. The number of nitrogens with zero attached hydrogens (tertiary/aromatic N) is 4. The number of aromatic nitrogens is 2. The Balaban J connectivity index is 0.00000245. The Hall–Kier alpha value is -3.39. The van der Waals surface area contributed by atoms with Crippen LogP contribution in [0.5, 0.6) is 0 Å². The van der Waals surface area contributed by atoms with Crippen LogP contribution in [-0.2, 0) is 17.9 Å². The Bertz CT molecular complexity index is 1190. The topological polar surface area (TPSA) is 79.6 Å². The van der Waals surface area contributed by atoms with Crippen LogP contribution in [0.1, 0.15) is 34.6 Å². The van der Waals surface area contributed by atoms with Gasteiger partial charge in [-0.15, -0.1) is 11.8 Å². The number of anilines is 1. The molecule has 164 valence electrons. The predicted octanol–water partition coefficient (Wildman–Crippen LogP) is 3.37. The van der Waals surface area contributed by atoms with Gasteiger partial charge in [0.1, 0.15) is 11.7 Å². The van der Waals surface area contributed by atoms with E-state index in [2.05, 4.69) is 21.4 Å². The number of hydrogen-bond donors (Lipinski definition) is 1. The first-order valence-corrected chi connectivity index (χ1v) is 11.0. The Morgan fingerprint density at radius 3 is 2.88 bits per heavy atom. The highest BCUT2D eigenvalue weighted by Crippen LogP contribution is 2.37. The molecule has 0 aliphatic carbocycles. The number of amides is 2. The molecule has 0 saturated heterocycles. The van der Waals surface area contributed by atoms with Gasteiger partial charge in [0.25, 0.3) is 5.91 Å². The van der Waals surface area contributed by atoms with E-state index in [4.69, 9.17) is 0 Å². The Morgan fingerprint density at radius 2 is 2.06 bits per heavy atom. The number of rotatable bonds is 4. The quantitative estimate of drug-likeness (QED) is 0.665. The smallest absolute Gasteiger partial charge is 0.270 e. The van der Waals surface area contributed by atoms with E-state index in [-0.39, 0.29) is 19.2 Å². The first-order chi connectivity index (χ1) is 15.1. The summed E-state index contributed by atoms with van der Waals surface area (Å²) in [4.78, 5) is 37.3. The van der Waals surface area contributed by atoms with Crippen LogP contribution in [0.2, 0.25) is 0 Å². The van der Waals surface area contributed by atoms with Crippen molar-refractivity contribution in [3.05, 3.63) is 77.4 Å². The molecule has 5 rings (SSSR count). The maximum Gasteiger partial charge on any atom is 0.270 e. The molecule has 0 radical (unpaired) electrons. The van der Waals surface area contributed by atoms with Crippen LogP contribution in [0, 0.1) is 0 Å². The van der Waals surface area contributed by atoms with Crippen molar-refractivity contribution in [2.45, 2.75) is 31.5 Å². The molecule has 7 nitrogen and oxygen atoms in total. The first kappa shape index (κ1) is 21.8. The summed E-state index contributed by atoms with van der Waals surface area (Å²) < 4.78 is 1.79. The van der Waals surface area contributed by atoms with Gasteiger partial charge in [-0.2, -0.15) is 0 Å². The number of imidazole rings is 1. The largest absolute Gasteiger partial charge is 0.338 e. The van der Waals surface area contributed by atoms with Gasteiger partial charge in [0, 0.05) is 30.5 Å². The van der Waals surface area contributed by atoms with Crippen molar-refractivity contribution >= 4 is 35.5 Å². The summed E-state index contributed by atoms with van der Waals surface area (Å²) in [5, 5.41) is 2.92. The van der Waals surface area contributed by atoms with Crippen molar-refractivity contribution in [2.75, 3.05) is 17.7 Å². The molecule has 0 unspecified atom stereocenters. The van der Waals surface area contributed by atoms with Crippen molar-refractivity contribution in [1.82, 2.24) is 14.9 Å². The van der Waals surface area contributed by atoms with Gasteiger partial charge in [-0.05, 0) is 28.8 Å². The fourth-order valence-corrected chi connectivity index (χ4v) is 4.99. The molecule has 0 fully saturated rings. The molecular weight excluding hydrogens is 422 g/mol. The number of likely N-dealkylation sites (N-methyl/N-ethyl adjacent to an activating group) is 1. The maximum atomic E-state index is 13.1. The second-order valence-electron chi connectivity index (χ2n) is 7.62. The number of fused-ring (bicyclic) bond motifs is 2. The second kappa shape index (κ2) is 9.00. The van der Waals surface area contributed by atoms with Gasteiger partial charge in [-0.3, -0.25) is 14.6 Å². The minimum absolute atomic E-state index is 0. The maximum absolute atomic E-state index is 13.1. The summed E-state index contributed by atoms with van der Waals surface area (Å²) in [6.45, 7) is 1.21. The zero-order valence-corrected chi connectivity index (χ0v) is 17.8. The van der Waals surface area contributed by atoms with Crippen LogP contribution in [0.4, 0.5) is 5.69 Å². The molecule has 2 aromatic carbocycles. The van der Waals surface area contributed by atoms with E-state index in [1.54, 1.807) is 34.6 Å². The van der Waals surface area contributed by atoms with E-state index in [1.807, 2.05) is 42.6 Å². The zero-order chi connectivity index (χ0) is 21.4. The van der Waals surface area contributed by atoms with Gasteiger partial charge >= 0.3 is 0 Å². The van der Waals surface area contributed by atoms with Crippen molar-refractivity contribution in [3.63, 3.8) is 0 Å². The van der Waals surface area contributed by atoms with Crippen LogP contribution >= 0.6 is 11.8 Å². The fourth-order valence-electron chi connectivity index (χ4n) is 3.85. The van der Waals surface area contributed by atoms with Crippen LogP contribution in [-0.4, -0.2) is 46.4 Å². The number of carbonyl (C=O) groups is 2. The SMILES string of the molecule is C.CN1C(=O)[C@@H](NC(=O)c2cncn2Cc2ccccc2)CSc2cc3c(cc21)C=NC3. The molecule has 2 aliphatic rings. The molecule has 1 atom stereocenters. The molecule has 0 spiro atoms. The lowest BCUT2D eigenvalue weighted by Gasteiger charge is -2.22. The number of thioether (sulfide) groups is 1. The molecule has 2 amide bonds. The fraction of sp³-hybridized carbons (Fsp3) is 0.250. The van der Waals surface area contributed by atoms with Gasteiger partial charge in [-0.25, -0.2) is 4.98 Å². The van der Waals surface area contributed by atoms with E-state index < -0.39 is 6.04 Å². The molecular formula is C24H25N5O2S. The Labute approximate surface area is 191 Å². The highest BCUT2D eigenvalue weighted by Gasteiger charge is 2.31. The standard InChI is InChI=1S/C23H21N5O2S.CH4/c1-27-19-7-16-9-24-10-17(16)8-21(19)31-13-18(23(27)30)26-22(29)20-11-25-14-28(20)12-15-5-3-2-4-6-15;/h2-9,11,14,18H,10,12-13H2,1H3,(H,26,29);1H4/t18-;/m0./s1. The monoisotopic (exact) mass is 447 g/mol. The zero-order valence-electron chi connectivity index (χ0n) is 17.0. The molecule has 0 saturated carbocycles. The molecule has 8 heteroatoms. The van der Waals surface area contributed by atoms with E-state index in [0.29, 0.717) is 24.5 Å². The number of nitrogens with one attached hydrogen (secondary N) is 1. The van der Waals surface area contributed by atoms with Crippen LogP contribution in [0.25, 0.3) is 0 Å². The summed E-state index contributed by atoms with van der Waals surface area (Å²) in [6, 6.07) is 13.4. The molecule has 3 heterocycles. The van der Waals surface area contributed by atoms with Gasteiger partial charge in [0.05, 0.1) is 24.8 Å². The lowest BCUT2D eigenvalue weighted by Crippen LogP contribution is -2.48. The van der Waals surface area contributed by atoms with E-state index in [0.717, 1.165) is 21.7 Å². The predicted molar refractivity (Wildman–Crippen MR) is 128 cm³/mol. The lowest BCUT2D eigenvalue weighted by atomic mass is 10.1. The lowest BCUT2D eigenvalue weighted by molar-refractivity contribution is -0.119. The average Bonchev–Trinajstić information content (AvgIpc) is 3.42. The van der Waals surface area contributed by atoms with E-state index in [1.165, 1.54) is 11.8 Å². The number of carbonyl (C=O) groups excluding carboxylic acids is 2. The van der Waals surface area contributed by atoms with Crippen molar-refractivity contribution in [2.24, 2.45) is 4.99 Å². The molecule has 3 aromatic rings. The highest BCUT2D eigenvalue weighted by atomic mass is 32.2. The third kappa shape index (κ3) is 4.05. The van der Waals surface area contributed by atoms with Crippen LogP contribution < -0.4 is 10.2 Å². The Morgan fingerprint density at radius 1 is 1.25 bits per heavy atom. The van der Waals surface area contributed by atoms with Gasteiger partial charge in [-0.1, -0.05) is 37.8 Å². The first-order valence-electron chi connectivity index (χ1n) is 10.0. The Kier molecular flexibility index (Phi) is 6.14. The van der Waals surface area contributed by atoms with Gasteiger partial charge in [0.2, 0.25) is 5.91 Å². The summed E-state index contributed by atoms with van der Waals surface area (Å²) in [5.74, 6) is 0.0268. The van der Waals surface area contributed by atoms with Crippen LogP contribution in [0.3, 0.4) is 0 Å². The summed E-state index contributed by atoms with van der Waals surface area (Å²) in [7, 11) is 1.75. The number of hydrogen-bond acceptors (Lipinski definition) is 5. The van der Waals surface area contributed by atoms with E-state index in [9.17, 15) is 9.59 Å². The van der Waals surface area contributed by atoms with E-state index >= 15 is 0 Å². The summed E-state index contributed by atoms with van der Waals surface area (Å²) in [6.07, 6.45) is 5.02. The minimum atomic E-state index is -0.626. The number of benzene rings is 2. The summed E-state index contributed by atoms with van der Waals surface area (Å²) in [5.41, 5.74) is 4.57. The normalized spacial score (nSPS) is 16.7.